The molecule has 3 aromatic rings. The van der Waals surface area contributed by atoms with Crippen molar-refractivity contribution in [3.05, 3.63) is 77.9 Å². The van der Waals surface area contributed by atoms with E-state index in [9.17, 15) is 5.11 Å². The van der Waals surface area contributed by atoms with Crippen molar-refractivity contribution >= 4 is 6.21 Å². The molecule has 0 fully saturated rings. The maximum atomic E-state index is 10.3. The molecule has 3 aromatic carbocycles. The molecule has 1 N–H and O–H groups in total. The molecule has 0 aliphatic heterocycles. The molecule has 0 unspecified atom stereocenters. The van der Waals surface area contributed by atoms with Gasteiger partial charge in [0, 0.05) is 24.4 Å². The fourth-order valence-corrected chi connectivity index (χ4v) is 5.17. The molecule has 0 spiro atoms. The lowest BCUT2D eigenvalue weighted by atomic mass is 10.0. The Kier molecular flexibility index (Phi) is 17.2. The highest BCUT2D eigenvalue weighted by Crippen LogP contribution is 2.24. The van der Waals surface area contributed by atoms with Gasteiger partial charge in [-0.05, 0) is 66.8 Å². The fraction of sp³-hybridized carbons (Fsp3) is 0.487. The Balaban J connectivity index is 1.14. The van der Waals surface area contributed by atoms with E-state index in [1.54, 1.807) is 12.3 Å². The highest BCUT2D eigenvalue weighted by Gasteiger charge is 2.03. The number of ether oxygens (including phenoxy) is 2. The van der Waals surface area contributed by atoms with Crippen LogP contribution in [0, 0.1) is 11.3 Å². The summed E-state index contributed by atoms with van der Waals surface area (Å²) < 4.78 is 11.8. The average molecular weight is 597 g/mol. The van der Waals surface area contributed by atoms with E-state index in [-0.39, 0.29) is 5.75 Å². The normalized spacial score (nSPS) is 11.1. The molecule has 3 rings (SSSR count). The summed E-state index contributed by atoms with van der Waals surface area (Å²) in [5, 5.41) is 19.3. The monoisotopic (exact) mass is 596 g/mol. The number of aliphatic imine (C=N–C) groups is 1. The van der Waals surface area contributed by atoms with Crippen molar-refractivity contribution in [2.75, 3.05) is 19.8 Å². The molecule has 0 atom stereocenters. The Morgan fingerprint density at radius 3 is 1.70 bits per heavy atom. The first-order valence-electron chi connectivity index (χ1n) is 16.9. The predicted molar refractivity (Wildman–Crippen MR) is 183 cm³/mol. The molecule has 0 radical (unpaired) electrons. The number of aromatic hydroxyl groups is 1. The summed E-state index contributed by atoms with van der Waals surface area (Å²) in [7, 11) is 0. The lowest BCUT2D eigenvalue weighted by molar-refractivity contribution is 0.300. The Hall–Kier alpha value is -3.78. The lowest BCUT2D eigenvalue weighted by Crippen LogP contribution is -1.98. The summed E-state index contributed by atoms with van der Waals surface area (Å²) in [5.74, 6) is 1.85. The van der Waals surface area contributed by atoms with Crippen molar-refractivity contribution in [2.24, 2.45) is 4.99 Å². The van der Waals surface area contributed by atoms with Crippen molar-refractivity contribution in [3.63, 3.8) is 0 Å². The lowest BCUT2D eigenvalue weighted by Gasteiger charge is -2.08. The SMILES string of the molecule is CCCCCCCCCN=Cc1ccc(OCCCCCCCCCCOc2ccc(-c3ccc(C#N)cc3)cc2)cc1O. The fourth-order valence-electron chi connectivity index (χ4n) is 5.17. The minimum absolute atomic E-state index is 0.230. The molecular formula is C39H52N2O3. The van der Waals surface area contributed by atoms with Crippen LogP contribution in [0.1, 0.15) is 114 Å². The van der Waals surface area contributed by atoms with Gasteiger partial charge in [0.15, 0.2) is 0 Å². The second-order valence-corrected chi connectivity index (χ2v) is 11.6. The zero-order valence-electron chi connectivity index (χ0n) is 26.8. The largest absolute Gasteiger partial charge is 0.507 e. The third kappa shape index (κ3) is 14.1. The molecule has 0 saturated heterocycles. The first kappa shape index (κ1) is 34.7. The number of rotatable bonds is 23. The molecule has 0 saturated carbocycles. The van der Waals surface area contributed by atoms with Crippen LogP contribution in [-0.2, 0) is 0 Å². The molecule has 0 aliphatic carbocycles. The van der Waals surface area contributed by atoms with Crippen molar-refractivity contribution in [1.29, 1.82) is 5.26 Å². The molecule has 0 amide bonds. The maximum Gasteiger partial charge on any atom is 0.128 e. The first-order valence-corrected chi connectivity index (χ1v) is 16.9. The summed E-state index contributed by atoms with van der Waals surface area (Å²) in [6.07, 6.45) is 20.2. The van der Waals surface area contributed by atoms with Crippen LogP contribution in [0.25, 0.3) is 11.1 Å². The number of unbranched alkanes of at least 4 members (excludes halogenated alkanes) is 13. The molecule has 0 aliphatic rings. The van der Waals surface area contributed by atoms with E-state index >= 15 is 0 Å². The zero-order valence-corrected chi connectivity index (χ0v) is 26.8. The van der Waals surface area contributed by atoms with Gasteiger partial charge in [-0.1, -0.05) is 108 Å². The van der Waals surface area contributed by atoms with E-state index in [1.807, 2.05) is 48.5 Å². The highest BCUT2D eigenvalue weighted by molar-refractivity contribution is 5.83. The van der Waals surface area contributed by atoms with Crippen LogP contribution in [0.2, 0.25) is 0 Å². The van der Waals surface area contributed by atoms with Crippen LogP contribution in [0.3, 0.4) is 0 Å². The van der Waals surface area contributed by atoms with Crippen LogP contribution in [0.5, 0.6) is 17.2 Å². The van der Waals surface area contributed by atoms with Gasteiger partial charge in [0.05, 0.1) is 24.8 Å². The van der Waals surface area contributed by atoms with Crippen LogP contribution in [-0.4, -0.2) is 31.1 Å². The third-order valence-electron chi connectivity index (χ3n) is 7.90. The molecule has 0 bridgehead atoms. The van der Waals surface area contributed by atoms with E-state index in [2.05, 4.69) is 30.1 Å². The van der Waals surface area contributed by atoms with E-state index in [0.717, 1.165) is 67.0 Å². The molecule has 5 nitrogen and oxygen atoms in total. The number of phenols is 1. The number of benzene rings is 3. The van der Waals surface area contributed by atoms with Gasteiger partial charge in [-0.25, -0.2) is 0 Å². The number of nitriles is 1. The second-order valence-electron chi connectivity index (χ2n) is 11.6. The van der Waals surface area contributed by atoms with Gasteiger partial charge in [-0.3, -0.25) is 4.99 Å². The second kappa shape index (κ2) is 21.8. The third-order valence-corrected chi connectivity index (χ3v) is 7.90. The quantitative estimate of drug-likeness (QED) is 0.0873. The van der Waals surface area contributed by atoms with Crippen LogP contribution in [0.15, 0.2) is 71.7 Å². The Labute approximate surface area is 266 Å². The summed E-state index contributed by atoms with van der Waals surface area (Å²) in [5.41, 5.74) is 3.65. The Morgan fingerprint density at radius 1 is 0.636 bits per heavy atom. The summed E-state index contributed by atoms with van der Waals surface area (Å²) in [4.78, 5) is 4.49. The van der Waals surface area contributed by atoms with Gasteiger partial charge >= 0.3 is 0 Å². The molecule has 0 aromatic heterocycles. The number of hydrogen-bond acceptors (Lipinski definition) is 5. The van der Waals surface area contributed by atoms with Crippen LogP contribution >= 0.6 is 0 Å². The van der Waals surface area contributed by atoms with Gasteiger partial charge in [0.2, 0.25) is 0 Å². The van der Waals surface area contributed by atoms with Gasteiger partial charge in [0.25, 0.3) is 0 Å². The Morgan fingerprint density at radius 2 is 1.14 bits per heavy atom. The van der Waals surface area contributed by atoms with E-state index in [0.29, 0.717) is 12.2 Å². The predicted octanol–water partition coefficient (Wildman–Crippen LogP) is 10.7. The van der Waals surface area contributed by atoms with Gasteiger partial charge < -0.3 is 14.6 Å². The number of nitrogens with zero attached hydrogens (tertiary/aromatic N) is 2. The van der Waals surface area contributed by atoms with E-state index < -0.39 is 0 Å². The maximum absolute atomic E-state index is 10.3. The Bertz CT molecular complexity index is 1250. The number of hydrogen-bond donors (Lipinski definition) is 1. The van der Waals surface area contributed by atoms with Gasteiger partial charge in [0.1, 0.15) is 17.2 Å². The number of phenolic OH excluding ortho intramolecular Hbond substituents is 1. The average Bonchev–Trinajstić information content (AvgIpc) is 3.05. The molecular weight excluding hydrogens is 544 g/mol. The highest BCUT2D eigenvalue weighted by atomic mass is 16.5. The molecule has 44 heavy (non-hydrogen) atoms. The topological polar surface area (TPSA) is 74.8 Å². The minimum atomic E-state index is 0.230. The van der Waals surface area contributed by atoms with Crippen LogP contribution in [0.4, 0.5) is 0 Å². The van der Waals surface area contributed by atoms with Crippen molar-refractivity contribution < 1.29 is 14.6 Å². The van der Waals surface area contributed by atoms with Crippen molar-refractivity contribution in [2.45, 2.75) is 103 Å². The van der Waals surface area contributed by atoms with Gasteiger partial charge in [-0.2, -0.15) is 5.26 Å². The summed E-state index contributed by atoms with van der Waals surface area (Å²) in [6, 6.07) is 23.5. The van der Waals surface area contributed by atoms with E-state index in [4.69, 9.17) is 14.7 Å². The molecule has 236 valence electrons. The molecule has 5 heteroatoms. The molecule has 0 heterocycles. The van der Waals surface area contributed by atoms with Gasteiger partial charge in [-0.15, -0.1) is 0 Å². The van der Waals surface area contributed by atoms with E-state index in [1.165, 1.54) is 70.6 Å². The minimum Gasteiger partial charge on any atom is -0.507 e. The smallest absolute Gasteiger partial charge is 0.128 e. The van der Waals surface area contributed by atoms with Crippen molar-refractivity contribution in [3.8, 4) is 34.4 Å². The first-order chi connectivity index (χ1) is 21.7. The van der Waals surface area contributed by atoms with Crippen LogP contribution < -0.4 is 9.47 Å². The summed E-state index contributed by atoms with van der Waals surface area (Å²) >= 11 is 0. The standard InChI is InChI=1S/C39H52N2O3/c1-2-3-4-5-8-11-14-27-41-32-36-23-26-38(30-39(36)42)44-29-16-13-10-7-6-9-12-15-28-43-37-24-21-35(22-25-37)34-19-17-33(31-40)18-20-34/h17-26,30,32,42H,2-16,27-29H2,1H3. The van der Waals surface area contributed by atoms with Crippen molar-refractivity contribution in [1.82, 2.24) is 0 Å². The summed E-state index contributed by atoms with van der Waals surface area (Å²) in [6.45, 7) is 4.49. The zero-order chi connectivity index (χ0) is 31.1.